The zero-order chi connectivity index (χ0) is 28.6. The van der Waals surface area contributed by atoms with Crippen LogP contribution in [0.15, 0.2) is 18.2 Å². The second-order valence-corrected chi connectivity index (χ2v) is 12.8. The Hall–Kier alpha value is -2.68. The zero-order valence-electron chi connectivity index (χ0n) is 24.9. The van der Waals surface area contributed by atoms with E-state index in [1.165, 1.54) is 0 Å². The molecule has 0 aromatic carbocycles. The van der Waals surface area contributed by atoms with Gasteiger partial charge in [-0.05, 0) is 81.7 Å². The van der Waals surface area contributed by atoms with Gasteiger partial charge < -0.3 is 25.2 Å². The van der Waals surface area contributed by atoms with Gasteiger partial charge in [-0.3, -0.25) is 14.4 Å². The Labute approximate surface area is 239 Å². The molecule has 3 amide bonds. The molecule has 3 aliphatic rings. The molecule has 4 atom stereocenters. The van der Waals surface area contributed by atoms with Crippen LogP contribution in [0.4, 0.5) is 0 Å². The Morgan fingerprint density at radius 1 is 1.05 bits per heavy atom. The van der Waals surface area contributed by atoms with Gasteiger partial charge in [-0.2, -0.15) is 0 Å². The quantitative estimate of drug-likeness (QED) is 0.578. The van der Waals surface area contributed by atoms with Gasteiger partial charge in [0.2, 0.25) is 17.7 Å². The van der Waals surface area contributed by atoms with E-state index in [4.69, 9.17) is 4.74 Å². The van der Waals surface area contributed by atoms with E-state index in [1.54, 1.807) is 18.2 Å². The molecule has 4 bridgehead atoms. The summed E-state index contributed by atoms with van der Waals surface area (Å²) in [5.74, 6) is 2.14. The molecular weight excluding hydrogens is 506 g/mol. The smallest absolute Gasteiger partial charge is 0.270 e. The molecule has 9 heteroatoms. The summed E-state index contributed by atoms with van der Waals surface area (Å²) in [6.45, 7) is 13.8. The molecule has 9 nitrogen and oxygen atoms in total. The van der Waals surface area contributed by atoms with E-state index in [1.807, 2.05) is 18.7 Å². The maximum atomic E-state index is 13.7. The van der Waals surface area contributed by atoms with Crippen molar-refractivity contribution in [3.63, 3.8) is 0 Å². The van der Waals surface area contributed by atoms with Gasteiger partial charge >= 0.3 is 0 Å². The summed E-state index contributed by atoms with van der Waals surface area (Å²) in [6, 6.07) is 5.39. The Morgan fingerprint density at radius 3 is 2.65 bits per heavy atom. The number of carbonyl (C=O) groups excluding carboxylic acids is 3. The summed E-state index contributed by atoms with van der Waals surface area (Å²) in [7, 11) is 0. The number of piperidine rings is 2. The summed E-state index contributed by atoms with van der Waals surface area (Å²) in [4.78, 5) is 48.2. The van der Waals surface area contributed by atoms with Crippen LogP contribution in [0.2, 0.25) is 0 Å². The number of rotatable bonds is 5. The lowest BCUT2D eigenvalue weighted by Crippen LogP contribution is -2.48. The minimum atomic E-state index is -0.199. The summed E-state index contributed by atoms with van der Waals surface area (Å²) < 4.78 is 5.98. The zero-order valence-corrected chi connectivity index (χ0v) is 24.9. The van der Waals surface area contributed by atoms with E-state index in [0.717, 1.165) is 45.3 Å². The summed E-state index contributed by atoms with van der Waals surface area (Å²) in [5.41, 5.74) is 0.352. The number of amides is 3. The molecule has 222 valence electrons. The minimum Gasteiger partial charge on any atom is -0.478 e. The Morgan fingerprint density at radius 2 is 1.88 bits per heavy atom. The second-order valence-electron chi connectivity index (χ2n) is 12.8. The van der Waals surface area contributed by atoms with E-state index in [2.05, 4.69) is 34.4 Å². The van der Waals surface area contributed by atoms with E-state index in [-0.39, 0.29) is 35.6 Å². The highest BCUT2D eigenvalue weighted by Gasteiger charge is 2.36. The molecule has 3 aliphatic heterocycles. The fraction of sp³-hybridized carbons (Fsp3) is 0.742. The van der Waals surface area contributed by atoms with Gasteiger partial charge in [0.05, 0.1) is 6.61 Å². The van der Waals surface area contributed by atoms with Crippen molar-refractivity contribution in [2.75, 3.05) is 45.9 Å². The molecule has 1 aromatic heterocycles. The first-order valence-electron chi connectivity index (χ1n) is 15.4. The van der Waals surface area contributed by atoms with Crippen LogP contribution in [0.25, 0.3) is 0 Å². The van der Waals surface area contributed by atoms with E-state index < -0.39 is 0 Å². The van der Waals surface area contributed by atoms with Crippen molar-refractivity contribution in [1.29, 1.82) is 0 Å². The second kappa shape index (κ2) is 14.3. The first kappa shape index (κ1) is 30.3. The van der Waals surface area contributed by atoms with E-state index in [0.29, 0.717) is 68.4 Å². The maximum absolute atomic E-state index is 13.7. The fourth-order valence-electron chi connectivity index (χ4n) is 6.71. The lowest BCUT2D eigenvalue weighted by molar-refractivity contribution is -0.136. The lowest BCUT2D eigenvalue weighted by Gasteiger charge is -2.42. The van der Waals surface area contributed by atoms with Crippen molar-refractivity contribution < 1.29 is 19.1 Å². The predicted octanol–water partition coefficient (Wildman–Crippen LogP) is 3.35. The third kappa shape index (κ3) is 8.66. The van der Waals surface area contributed by atoms with E-state index in [9.17, 15) is 14.4 Å². The van der Waals surface area contributed by atoms with Crippen LogP contribution in [-0.2, 0) is 9.59 Å². The summed E-state index contributed by atoms with van der Waals surface area (Å²) >= 11 is 0. The topological polar surface area (TPSA) is 104 Å². The number of likely N-dealkylation sites (tertiary alicyclic amines) is 1. The molecule has 0 unspecified atom stereocenters. The van der Waals surface area contributed by atoms with Gasteiger partial charge in [-0.1, -0.05) is 19.9 Å². The van der Waals surface area contributed by atoms with Crippen LogP contribution in [0.5, 0.6) is 5.88 Å². The number of hydrogen-bond acceptors (Lipinski definition) is 6. The average Bonchev–Trinajstić information content (AvgIpc) is 2.89. The molecular formula is C31H49N5O4. The molecule has 0 spiro atoms. The van der Waals surface area contributed by atoms with Gasteiger partial charge in [-0.15, -0.1) is 0 Å². The van der Waals surface area contributed by atoms with Crippen molar-refractivity contribution in [1.82, 2.24) is 25.4 Å². The molecule has 4 rings (SSSR count). The first-order valence-corrected chi connectivity index (χ1v) is 15.4. The van der Waals surface area contributed by atoms with Gasteiger partial charge in [0.25, 0.3) is 5.91 Å². The number of hydrogen-bond donors (Lipinski definition) is 2. The molecule has 1 aromatic rings. The first-order chi connectivity index (χ1) is 19.2. The number of nitrogens with zero attached hydrogens (tertiary/aromatic N) is 3. The van der Waals surface area contributed by atoms with Crippen LogP contribution in [0.1, 0.15) is 76.7 Å². The van der Waals surface area contributed by atoms with Crippen molar-refractivity contribution >= 4 is 17.7 Å². The molecule has 40 heavy (non-hydrogen) atoms. The maximum Gasteiger partial charge on any atom is 0.270 e. The molecule has 2 fully saturated rings. The summed E-state index contributed by atoms with van der Waals surface area (Å²) in [5, 5.41) is 6.08. The van der Waals surface area contributed by atoms with Crippen LogP contribution in [0, 0.1) is 29.6 Å². The van der Waals surface area contributed by atoms with Crippen molar-refractivity contribution in [3.8, 4) is 5.88 Å². The van der Waals surface area contributed by atoms with E-state index >= 15 is 0 Å². The molecule has 0 radical (unpaired) electrons. The number of ether oxygens (including phenoxy) is 1. The molecule has 2 N–H and O–H groups in total. The highest BCUT2D eigenvalue weighted by Crippen LogP contribution is 2.33. The van der Waals surface area contributed by atoms with Crippen LogP contribution < -0.4 is 15.4 Å². The normalized spacial score (nSPS) is 27.0. The van der Waals surface area contributed by atoms with Crippen LogP contribution >= 0.6 is 0 Å². The number of aromatic nitrogens is 1. The Bertz CT molecular complexity index is 1020. The third-order valence-electron chi connectivity index (χ3n) is 8.67. The molecule has 0 aliphatic carbocycles. The SMILES string of the molecule is CC(C)CN1CC[C@H]2CC(=O)N3CC[C@@H](CC(=O)NC(C)C)[C@@H](CCOc4cccc(n4)C(=O)NCC[C@H]2C1)C3. The number of fused-ring (bicyclic) bond motifs is 5. The largest absolute Gasteiger partial charge is 0.478 e. The monoisotopic (exact) mass is 555 g/mol. The number of pyridine rings is 1. The predicted molar refractivity (Wildman–Crippen MR) is 155 cm³/mol. The minimum absolute atomic E-state index is 0.0699. The van der Waals surface area contributed by atoms with Crippen LogP contribution in [-0.4, -0.2) is 84.4 Å². The molecule has 0 saturated carbocycles. The third-order valence-corrected chi connectivity index (χ3v) is 8.67. The lowest BCUT2D eigenvalue weighted by atomic mass is 9.79. The number of carbonyl (C=O) groups is 3. The molecule has 4 heterocycles. The van der Waals surface area contributed by atoms with Crippen molar-refractivity contribution in [3.05, 3.63) is 23.9 Å². The van der Waals surface area contributed by atoms with Crippen molar-refractivity contribution in [2.45, 2.75) is 72.3 Å². The highest BCUT2D eigenvalue weighted by atomic mass is 16.5. The van der Waals surface area contributed by atoms with Gasteiger partial charge in [0.15, 0.2) is 0 Å². The standard InChI is InChI=1S/C31H49N5O4/c1-21(2)18-35-13-9-24-17-30(38)36-14-10-23(16-28(37)33-22(3)4)26(20-36)11-15-40-29-7-5-6-27(34-29)31(39)32-12-8-25(24)19-35/h5-7,21-26H,8-20H2,1-4H3,(H,32,39)(H,33,37)/t23-,24-,25-,26-/m0/s1. The van der Waals surface area contributed by atoms with Crippen LogP contribution in [0.3, 0.4) is 0 Å². The average molecular weight is 556 g/mol. The highest BCUT2D eigenvalue weighted by molar-refractivity contribution is 5.92. The van der Waals surface area contributed by atoms with Gasteiger partial charge in [0, 0.05) is 57.7 Å². The number of nitrogens with one attached hydrogen (secondary N) is 2. The molecule has 2 saturated heterocycles. The van der Waals surface area contributed by atoms with Gasteiger partial charge in [0.1, 0.15) is 5.69 Å². The Kier molecular flexibility index (Phi) is 10.8. The van der Waals surface area contributed by atoms with Crippen molar-refractivity contribution in [2.24, 2.45) is 29.6 Å². The fourth-order valence-corrected chi connectivity index (χ4v) is 6.71. The Balaban J connectivity index is 1.52. The van der Waals surface area contributed by atoms with Gasteiger partial charge in [-0.25, -0.2) is 4.98 Å². The summed E-state index contributed by atoms with van der Waals surface area (Å²) in [6.07, 6.45) is 4.41.